The number of likely N-dealkylation sites (N-methyl/N-ethyl adjacent to an activating group) is 1. The Hall–Kier alpha value is -2.96. The number of piperazine rings is 1. The van der Waals surface area contributed by atoms with Crippen molar-refractivity contribution in [2.75, 3.05) is 44.3 Å². The lowest BCUT2D eigenvalue weighted by Gasteiger charge is -2.32. The number of carbonyl (C=O) groups excluding carboxylic acids is 1. The molecule has 1 aliphatic heterocycles. The molecule has 0 atom stereocenters. The van der Waals surface area contributed by atoms with Gasteiger partial charge in [-0.05, 0) is 56.3 Å². The Labute approximate surface area is 178 Å². The molecule has 4 rings (SSSR count). The molecule has 0 saturated carbocycles. The van der Waals surface area contributed by atoms with Crippen LogP contribution in [0, 0.1) is 13.8 Å². The Morgan fingerprint density at radius 1 is 1.07 bits per heavy atom. The number of rotatable bonds is 4. The van der Waals surface area contributed by atoms with Gasteiger partial charge in [0.15, 0.2) is 0 Å². The van der Waals surface area contributed by atoms with Gasteiger partial charge >= 0.3 is 0 Å². The molecule has 1 fully saturated rings. The standard InChI is InChI=1S/C13H20N2.C11H11N3O/c1-12-5-3-4-6-13(12)11-15-9-7-14(2)8-10-15;1-7-4-10(12)9-5-8(13-6-15)2-3-11(9)14-7/h3-6H,7-11H2,1-2H3;2-6H,1H3,(H2,12,14)(H,13,15). The minimum Gasteiger partial charge on any atom is -0.398 e. The predicted molar refractivity (Wildman–Crippen MR) is 125 cm³/mol. The van der Waals surface area contributed by atoms with Gasteiger partial charge in [0.1, 0.15) is 0 Å². The summed E-state index contributed by atoms with van der Waals surface area (Å²) < 4.78 is 0. The highest BCUT2D eigenvalue weighted by Crippen LogP contribution is 2.23. The van der Waals surface area contributed by atoms with E-state index in [0.29, 0.717) is 12.1 Å². The Bertz CT molecular complexity index is 996. The average molecular weight is 406 g/mol. The number of anilines is 2. The molecule has 6 nitrogen and oxygen atoms in total. The molecule has 2 aromatic carbocycles. The van der Waals surface area contributed by atoms with E-state index >= 15 is 0 Å². The van der Waals surface area contributed by atoms with E-state index in [-0.39, 0.29) is 0 Å². The molecule has 158 valence electrons. The molecule has 0 radical (unpaired) electrons. The van der Waals surface area contributed by atoms with Crippen LogP contribution in [0.15, 0.2) is 48.5 Å². The molecular weight excluding hydrogens is 374 g/mol. The third-order valence-electron chi connectivity index (χ3n) is 5.45. The molecule has 1 saturated heterocycles. The molecule has 0 aliphatic carbocycles. The molecule has 0 bridgehead atoms. The zero-order valence-corrected chi connectivity index (χ0v) is 18.1. The number of nitrogen functional groups attached to an aromatic ring is 1. The predicted octanol–water partition coefficient (Wildman–Crippen LogP) is 3.44. The van der Waals surface area contributed by atoms with E-state index in [1.807, 2.05) is 25.1 Å². The van der Waals surface area contributed by atoms with Gasteiger partial charge in [0.05, 0.1) is 5.52 Å². The number of nitrogens with zero attached hydrogens (tertiary/aromatic N) is 3. The van der Waals surface area contributed by atoms with Crippen LogP contribution in [-0.2, 0) is 11.3 Å². The summed E-state index contributed by atoms with van der Waals surface area (Å²) in [6.45, 7) is 10.0. The van der Waals surface area contributed by atoms with Crippen molar-refractivity contribution in [3.05, 3.63) is 65.4 Å². The van der Waals surface area contributed by atoms with Gasteiger partial charge in [-0.2, -0.15) is 0 Å². The summed E-state index contributed by atoms with van der Waals surface area (Å²) in [4.78, 5) is 19.6. The molecule has 0 spiro atoms. The number of hydrogen-bond donors (Lipinski definition) is 2. The number of benzene rings is 2. The molecule has 2 heterocycles. The second-order valence-electron chi connectivity index (χ2n) is 7.85. The number of amides is 1. The second-order valence-corrected chi connectivity index (χ2v) is 7.85. The van der Waals surface area contributed by atoms with E-state index in [1.165, 1.54) is 37.3 Å². The summed E-state index contributed by atoms with van der Waals surface area (Å²) in [6, 6.07) is 16.0. The van der Waals surface area contributed by atoms with E-state index in [2.05, 4.69) is 58.3 Å². The van der Waals surface area contributed by atoms with Crippen LogP contribution in [0.1, 0.15) is 16.8 Å². The Balaban J connectivity index is 0.000000171. The topological polar surface area (TPSA) is 74.5 Å². The van der Waals surface area contributed by atoms with Gasteiger partial charge in [0.2, 0.25) is 6.41 Å². The van der Waals surface area contributed by atoms with Crippen molar-refractivity contribution in [1.29, 1.82) is 0 Å². The van der Waals surface area contributed by atoms with Crippen LogP contribution in [-0.4, -0.2) is 54.4 Å². The van der Waals surface area contributed by atoms with Gasteiger partial charge in [-0.15, -0.1) is 0 Å². The minimum atomic E-state index is 0.638. The highest BCUT2D eigenvalue weighted by atomic mass is 16.1. The molecule has 1 aliphatic rings. The fraction of sp³-hybridized carbons (Fsp3) is 0.333. The molecule has 1 amide bonds. The first-order chi connectivity index (χ1) is 14.5. The third-order valence-corrected chi connectivity index (χ3v) is 5.45. The van der Waals surface area contributed by atoms with Crippen molar-refractivity contribution < 1.29 is 4.79 Å². The van der Waals surface area contributed by atoms with Crippen LogP contribution in [0.3, 0.4) is 0 Å². The first-order valence-corrected chi connectivity index (χ1v) is 10.3. The van der Waals surface area contributed by atoms with E-state index < -0.39 is 0 Å². The number of aromatic nitrogens is 1. The maximum atomic E-state index is 10.3. The maximum absolute atomic E-state index is 10.3. The number of pyridine rings is 1. The van der Waals surface area contributed by atoms with Crippen LogP contribution < -0.4 is 11.1 Å². The van der Waals surface area contributed by atoms with Gasteiger partial charge < -0.3 is 16.0 Å². The number of fused-ring (bicyclic) bond motifs is 1. The van der Waals surface area contributed by atoms with Crippen molar-refractivity contribution >= 4 is 28.7 Å². The van der Waals surface area contributed by atoms with Crippen molar-refractivity contribution in [3.63, 3.8) is 0 Å². The third kappa shape index (κ3) is 5.78. The van der Waals surface area contributed by atoms with Gasteiger partial charge in [0.25, 0.3) is 0 Å². The van der Waals surface area contributed by atoms with Crippen molar-refractivity contribution in [2.24, 2.45) is 0 Å². The molecule has 3 aromatic rings. The van der Waals surface area contributed by atoms with Gasteiger partial charge in [-0.3, -0.25) is 14.7 Å². The Morgan fingerprint density at radius 2 is 1.80 bits per heavy atom. The number of hydrogen-bond acceptors (Lipinski definition) is 5. The summed E-state index contributed by atoms with van der Waals surface area (Å²) in [5.41, 5.74) is 11.9. The minimum absolute atomic E-state index is 0.638. The quantitative estimate of drug-likeness (QED) is 0.651. The molecule has 3 N–H and O–H groups in total. The van der Waals surface area contributed by atoms with E-state index in [4.69, 9.17) is 5.73 Å². The van der Waals surface area contributed by atoms with Crippen molar-refractivity contribution in [1.82, 2.24) is 14.8 Å². The Morgan fingerprint density at radius 3 is 2.50 bits per heavy atom. The smallest absolute Gasteiger partial charge is 0.211 e. The van der Waals surface area contributed by atoms with Gasteiger partial charge in [-0.1, -0.05) is 24.3 Å². The lowest BCUT2D eigenvalue weighted by atomic mass is 10.1. The van der Waals surface area contributed by atoms with E-state index in [0.717, 1.165) is 28.8 Å². The van der Waals surface area contributed by atoms with Crippen molar-refractivity contribution in [2.45, 2.75) is 20.4 Å². The first-order valence-electron chi connectivity index (χ1n) is 10.3. The van der Waals surface area contributed by atoms with Crippen molar-refractivity contribution in [3.8, 4) is 0 Å². The Kier molecular flexibility index (Phi) is 7.38. The highest BCUT2D eigenvalue weighted by Gasteiger charge is 2.14. The molecule has 30 heavy (non-hydrogen) atoms. The molecular formula is C24H31N5O. The normalized spacial score (nSPS) is 14.8. The highest BCUT2D eigenvalue weighted by molar-refractivity contribution is 5.93. The number of nitrogens with two attached hydrogens (primary N) is 1. The zero-order valence-electron chi connectivity index (χ0n) is 18.1. The van der Waals surface area contributed by atoms with E-state index in [9.17, 15) is 4.79 Å². The van der Waals surface area contributed by atoms with Gasteiger partial charge in [0, 0.05) is 55.2 Å². The lowest BCUT2D eigenvalue weighted by molar-refractivity contribution is -0.105. The molecule has 1 aromatic heterocycles. The van der Waals surface area contributed by atoms with E-state index in [1.54, 1.807) is 6.07 Å². The molecule has 6 heteroatoms. The average Bonchev–Trinajstić information content (AvgIpc) is 2.72. The maximum Gasteiger partial charge on any atom is 0.211 e. The zero-order chi connectivity index (χ0) is 21.5. The first kappa shape index (κ1) is 21.7. The van der Waals surface area contributed by atoms with Crippen LogP contribution >= 0.6 is 0 Å². The summed E-state index contributed by atoms with van der Waals surface area (Å²) in [7, 11) is 2.20. The second kappa shape index (κ2) is 10.2. The van der Waals surface area contributed by atoms with Crippen LogP contribution in [0.25, 0.3) is 10.9 Å². The van der Waals surface area contributed by atoms with Gasteiger partial charge in [-0.25, -0.2) is 0 Å². The summed E-state index contributed by atoms with van der Waals surface area (Å²) >= 11 is 0. The number of aryl methyl sites for hydroxylation is 2. The van der Waals surface area contributed by atoms with Crippen LogP contribution in [0.4, 0.5) is 11.4 Å². The fourth-order valence-electron chi connectivity index (χ4n) is 3.58. The number of carbonyl (C=O) groups is 1. The fourth-order valence-corrected chi connectivity index (χ4v) is 3.58. The summed E-state index contributed by atoms with van der Waals surface area (Å²) in [6.07, 6.45) is 0.638. The largest absolute Gasteiger partial charge is 0.398 e. The number of nitrogens with one attached hydrogen (secondary N) is 1. The molecule has 0 unspecified atom stereocenters. The van der Waals surface area contributed by atoms with Crippen LogP contribution in [0.2, 0.25) is 0 Å². The SMILES string of the molecule is Cc1cc(N)c2cc(NC=O)ccc2n1.Cc1ccccc1CN1CCN(C)CC1. The monoisotopic (exact) mass is 405 g/mol. The lowest BCUT2D eigenvalue weighted by Crippen LogP contribution is -2.43. The van der Waals surface area contributed by atoms with Crippen LogP contribution in [0.5, 0.6) is 0 Å². The summed E-state index contributed by atoms with van der Waals surface area (Å²) in [5, 5.41) is 3.43. The summed E-state index contributed by atoms with van der Waals surface area (Å²) in [5.74, 6) is 0.